The Labute approximate surface area is 106 Å². The van der Waals surface area contributed by atoms with Gasteiger partial charge in [0, 0.05) is 0 Å². The molecule has 0 N–H and O–H groups in total. The molecule has 1 heterocycles. The van der Waals surface area contributed by atoms with Gasteiger partial charge in [-0.05, 0) is 0 Å². The van der Waals surface area contributed by atoms with E-state index in [9.17, 15) is 35.5 Å². The van der Waals surface area contributed by atoms with E-state index in [1.807, 2.05) is 0 Å². The van der Waals surface area contributed by atoms with E-state index >= 15 is 0 Å². The van der Waals surface area contributed by atoms with Gasteiger partial charge in [0.15, 0.2) is 17.3 Å². The molecule has 112 valence electrons. The summed E-state index contributed by atoms with van der Waals surface area (Å²) in [7, 11) is 0.697. The number of aromatic nitrogens is 1. The van der Waals surface area contributed by atoms with Gasteiger partial charge in [-0.1, -0.05) is 0 Å². The van der Waals surface area contributed by atoms with Crippen LogP contribution in [0.5, 0.6) is 5.75 Å². The van der Waals surface area contributed by atoms with E-state index in [1.54, 1.807) is 0 Å². The van der Waals surface area contributed by atoms with Crippen LogP contribution in [0.3, 0.4) is 0 Å². The molecule has 0 radical (unpaired) electrons. The average Bonchev–Trinajstić information content (AvgIpc) is 2.27. The van der Waals surface area contributed by atoms with Gasteiger partial charge in [-0.2, -0.15) is 13.2 Å². The zero-order valence-corrected chi connectivity index (χ0v) is 9.40. The molecule has 11 heteroatoms. The second kappa shape index (κ2) is 5.13. The summed E-state index contributed by atoms with van der Waals surface area (Å²) in [5, 5.41) is 0. The Balaban J connectivity index is 3.48. The Morgan fingerprint density at radius 2 is 1.75 bits per heavy atom. The fourth-order valence-electron chi connectivity index (χ4n) is 1.18. The van der Waals surface area contributed by atoms with E-state index in [-0.39, 0.29) is 6.20 Å². The molecule has 0 saturated heterocycles. The number of halogens is 7. The van der Waals surface area contributed by atoms with Crippen LogP contribution < -0.4 is 4.74 Å². The van der Waals surface area contributed by atoms with Gasteiger partial charge < -0.3 is 9.47 Å². The highest BCUT2D eigenvalue weighted by Gasteiger charge is 2.43. The van der Waals surface area contributed by atoms with E-state index in [0.717, 1.165) is 0 Å². The van der Waals surface area contributed by atoms with Gasteiger partial charge in [0.2, 0.25) is 0 Å². The molecule has 1 aromatic rings. The minimum Gasteiger partial charge on any atom is -0.464 e. The van der Waals surface area contributed by atoms with Gasteiger partial charge in [0.05, 0.1) is 13.3 Å². The number of alkyl halides is 6. The van der Waals surface area contributed by atoms with E-state index < -0.39 is 41.3 Å². The number of rotatable bonds is 2. The van der Waals surface area contributed by atoms with Crippen LogP contribution in [-0.4, -0.2) is 24.4 Å². The molecular formula is C9H4F7NO3. The highest BCUT2D eigenvalue weighted by atomic mass is 19.4. The Kier molecular flexibility index (Phi) is 4.10. The van der Waals surface area contributed by atoms with Gasteiger partial charge in [0.25, 0.3) is 0 Å². The normalized spacial score (nSPS) is 12.2. The first-order valence-electron chi connectivity index (χ1n) is 4.57. The van der Waals surface area contributed by atoms with Crippen molar-refractivity contribution in [1.82, 2.24) is 4.98 Å². The van der Waals surface area contributed by atoms with Crippen molar-refractivity contribution in [2.24, 2.45) is 0 Å². The molecule has 0 aliphatic rings. The smallest absolute Gasteiger partial charge is 0.464 e. The van der Waals surface area contributed by atoms with Crippen molar-refractivity contribution in [2.45, 2.75) is 12.5 Å². The second-order valence-corrected chi connectivity index (χ2v) is 3.20. The van der Waals surface area contributed by atoms with Crippen LogP contribution >= 0.6 is 0 Å². The fourth-order valence-corrected chi connectivity index (χ4v) is 1.18. The molecule has 0 amide bonds. The Morgan fingerprint density at radius 3 is 2.15 bits per heavy atom. The van der Waals surface area contributed by atoms with Crippen LogP contribution in [0.25, 0.3) is 0 Å². The van der Waals surface area contributed by atoms with Crippen molar-refractivity contribution in [3.05, 3.63) is 23.3 Å². The molecule has 4 nitrogen and oxygen atoms in total. The van der Waals surface area contributed by atoms with E-state index in [4.69, 9.17) is 0 Å². The van der Waals surface area contributed by atoms with Gasteiger partial charge in [-0.3, -0.25) is 0 Å². The molecule has 0 aromatic carbocycles. The van der Waals surface area contributed by atoms with Crippen LogP contribution in [-0.2, 0) is 10.9 Å². The van der Waals surface area contributed by atoms with Crippen molar-refractivity contribution < 1.29 is 45.0 Å². The zero-order chi connectivity index (χ0) is 15.7. The summed E-state index contributed by atoms with van der Waals surface area (Å²) in [6.07, 6.45) is -10.9. The minimum atomic E-state index is -5.47. The summed E-state index contributed by atoms with van der Waals surface area (Å²) in [6, 6.07) is 0. The Morgan fingerprint density at radius 1 is 1.20 bits per heavy atom. The third kappa shape index (κ3) is 3.48. The topological polar surface area (TPSA) is 48.4 Å². The number of ether oxygens (including phenoxy) is 2. The third-order valence-corrected chi connectivity index (χ3v) is 1.87. The Hall–Kier alpha value is -2.07. The number of carbonyl (C=O) groups is 1. The standard InChI is InChI=1S/C9H4F7NO3/c1-19-7(18)6-4(8(11,12)13)5(10)3(2-17-6)20-9(14,15)16/h2H,1H3. The summed E-state index contributed by atoms with van der Waals surface area (Å²) >= 11 is 0. The van der Waals surface area contributed by atoms with E-state index in [1.165, 1.54) is 0 Å². The quantitative estimate of drug-likeness (QED) is 0.622. The Bertz CT molecular complexity index is 523. The van der Waals surface area contributed by atoms with E-state index in [2.05, 4.69) is 14.5 Å². The maximum atomic E-state index is 13.5. The summed E-state index contributed by atoms with van der Waals surface area (Å²) in [5.74, 6) is -5.88. The second-order valence-electron chi connectivity index (χ2n) is 3.20. The van der Waals surface area contributed by atoms with Gasteiger partial charge in [-0.15, -0.1) is 13.2 Å². The van der Waals surface area contributed by atoms with Crippen LogP contribution in [0.4, 0.5) is 30.7 Å². The van der Waals surface area contributed by atoms with Crippen molar-refractivity contribution in [1.29, 1.82) is 0 Å². The molecule has 0 saturated carbocycles. The summed E-state index contributed by atoms with van der Waals surface area (Å²) in [6.45, 7) is 0. The molecule has 0 atom stereocenters. The molecule has 1 rings (SSSR count). The van der Waals surface area contributed by atoms with Crippen molar-refractivity contribution in [3.8, 4) is 5.75 Å². The minimum absolute atomic E-state index is 0.00428. The first-order valence-corrected chi connectivity index (χ1v) is 4.57. The number of hydrogen-bond donors (Lipinski definition) is 0. The van der Waals surface area contributed by atoms with Crippen molar-refractivity contribution in [3.63, 3.8) is 0 Å². The lowest BCUT2D eigenvalue weighted by atomic mass is 10.1. The zero-order valence-electron chi connectivity index (χ0n) is 9.40. The van der Waals surface area contributed by atoms with Gasteiger partial charge >= 0.3 is 18.5 Å². The predicted octanol–water partition coefficient (Wildman–Crippen LogP) is 2.92. The first-order chi connectivity index (χ1) is 8.97. The lowest BCUT2D eigenvalue weighted by molar-refractivity contribution is -0.276. The van der Waals surface area contributed by atoms with Crippen molar-refractivity contribution >= 4 is 5.97 Å². The number of nitrogens with zero attached hydrogens (tertiary/aromatic N) is 1. The highest BCUT2D eigenvalue weighted by molar-refractivity contribution is 5.89. The summed E-state index contributed by atoms with van der Waals surface area (Å²) < 4.78 is 93.9. The number of pyridine rings is 1. The van der Waals surface area contributed by atoms with Gasteiger partial charge in [-0.25, -0.2) is 14.2 Å². The van der Waals surface area contributed by atoms with Crippen molar-refractivity contribution in [2.75, 3.05) is 7.11 Å². The van der Waals surface area contributed by atoms with E-state index in [0.29, 0.717) is 7.11 Å². The number of methoxy groups -OCH3 is 1. The van der Waals surface area contributed by atoms with Crippen LogP contribution in [0, 0.1) is 5.82 Å². The molecule has 0 bridgehead atoms. The first kappa shape index (κ1) is 16.0. The largest absolute Gasteiger partial charge is 0.573 e. The molecule has 0 spiro atoms. The summed E-state index contributed by atoms with van der Waals surface area (Å²) in [4.78, 5) is 13.8. The SMILES string of the molecule is COC(=O)c1ncc(OC(F)(F)F)c(F)c1C(F)(F)F. The maximum absolute atomic E-state index is 13.5. The average molecular weight is 307 g/mol. The summed E-state index contributed by atoms with van der Waals surface area (Å²) in [5.41, 5.74) is -3.81. The lowest BCUT2D eigenvalue weighted by Crippen LogP contribution is -2.22. The molecule has 0 fully saturated rings. The molecular weight excluding hydrogens is 303 g/mol. The molecule has 0 unspecified atom stereocenters. The number of esters is 1. The number of carbonyl (C=O) groups excluding carboxylic acids is 1. The molecule has 20 heavy (non-hydrogen) atoms. The molecule has 1 aromatic heterocycles. The predicted molar refractivity (Wildman–Crippen MR) is 47.2 cm³/mol. The van der Waals surface area contributed by atoms with Crippen LogP contribution in [0.1, 0.15) is 16.1 Å². The van der Waals surface area contributed by atoms with Gasteiger partial charge in [0.1, 0.15) is 5.56 Å². The third-order valence-electron chi connectivity index (χ3n) is 1.87. The van der Waals surface area contributed by atoms with Crippen LogP contribution in [0.2, 0.25) is 0 Å². The maximum Gasteiger partial charge on any atom is 0.573 e. The monoisotopic (exact) mass is 307 g/mol. The van der Waals surface area contributed by atoms with Crippen LogP contribution in [0.15, 0.2) is 6.20 Å². The highest BCUT2D eigenvalue weighted by Crippen LogP contribution is 2.38. The molecule has 0 aliphatic carbocycles. The number of hydrogen-bond acceptors (Lipinski definition) is 4. The lowest BCUT2D eigenvalue weighted by Gasteiger charge is -2.15. The molecule has 0 aliphatic heterocycles. The fraction of sp³-hybridized carbons (Fsp3) is 0.333.